The molecule has 0 aromatic rings. The van der Waals surface area contributed by atoms with E-state index in [2.05, 4.69) is 25.7 Å². The van der Waals surface area contributed by atoms with Crippen LogP contribution < -0.4 is 0 Å². The van der Waals surface area contributed by atoms with E-state index < -0.39 is 0 Å². The largest absolute Gasteiger partial charge is 0.377 e. The van der Waals surface area contributed by atoms with Gasteiger partial charge in [0, 0.05) is 26.2 Å². The highest BCUT2D eigenvalue weighted by Crippen LogP contribution is 2.33. The maximum atomic E-state index is 5.64. The van der Waals surface area contributed by atoms with Crippen LogP contribution in [0.25, 0.3) is 0 Å². The van der Waals surface area contributed by atoms with Gasteiger partial charge < -0.3 is 9.64 Å². The summed E-state index contributed by atoms with van der Waals surface area (Å²) in [5.41, 5.74) is 0.493. The molecule has 14 heavy (non-hydrogen) atoms. The highest BCUT2D eigenvalue weighted by molar-refractivity contribution is 4.89. The second-order valence-corrected chi connectivity index (χ2v) is 5.92. The minimum Gasteiger partial charge on any atom is -0.377 e. The molecular weight excluding hydrogens is 174 g/mol. The number of hydrogen-bond donors (Lipinski definition) is 0. The van der Waals surface area contributed by atoms with Gasteiger partial charge in [-0.1, -0.05) is 20.8 Å². The molecule has 0 aromatic carbocycles. The van der Waals surface area contributed by atoms with Crippen LogP contribution in [0.4, 0.5) is 0 Å². The Balaban J connectivity index is 1.67. The van der Waals surface area contributed by atoms with Crippen LogP contribution in [-0.4, -0.2) is 37.2 Å². The summed E-state index contributed by atoms with van der Waals surface area (Å²) in [6.07, 6.45) is 3.08. The minimum atomic E-state index is 0.493. The van der Waals surface area contributed by atoms with Crippen LogP contribution in [0.2, 0.25) is 0 Å². The van der Waals surface area contributed by atoms with E-state index in [-0.39, 0.29) is 0 Å². The summed E-state index contributed by atoms with van der Waals surface area (Å²) in [5.74, 6) is 0.893. The molecule has 0 N–H and O–H groups in total. The van der Waals surface area contributed by atoms with Crippen LogP contribution in [-0.2, 0) is 4.74 Å². The van der Waals surface area contributed by atoms with Gasteiger partial charge in [-0.25, -0.2) is 0 Å². The van der Waals surface area contributed by atoms with Gasteiger partial charge in [-0.15, -0.1) is 0 Å². The normalized spacial score (nSPS) is 30.6. The number of rotatable bonds is 2. The summed E-state index contributed by atoms with van der Waals surface area (Å²) in [4.78, 5) is 2.55. The number of nitrogens with zero attached hydrogens (tertiary/aromatic N) is 1. The first-order valence-corrected chi connectivity index (χ1v) is 5.89. The Morgan fingerprint density at radius 2 is 2.00 bits per heavy atom. The lowest BCUT2D eigenvalue weighted by molar-refractivity contribution is -0.0135. The van der Waals surface area contributed by atoms with Gasteiger partial charge in [0.05, 0.1) is 6.10 Å². The number of likely N-dealkylation sites (tertiary alicyclic amines) is 1. The second kappa shape index (κ2) is 3.82. The highest BCUT2D eigenvalue weighted by atomic mass is 16.5. The van der Waals surface area contributed by atoms with Crippen molar-refractivity contribution in [2.75, 3.05) is 26.2 Å². The van der Waals surface area contributed by atoms with Crippen molar-refractivity contribution in [2.45, 2.75) is 39.7 Å². The Labute approximate surface area is 87.6 Å². The molecule has 2 aliphatic rings. The second-order valence-electron chi connectivity index (χ2n) is 5.92. The van der Waals surface area contributed by atoms with E-state index in [1.807, 2.05) is 0 Å². The van der Waals surface area contributed by atoms with Crippen LogP contribution in [0.15, 0.2) is 0 Å². The summed E-state index contributed by atoms with van der Waals surface area (Å²) in [6.45, 7) is 11.8. The van der Waals surface area contributed by atoms with Gasteiger partial charge in [-0.05, 0) is 24.2 Å². The molecule has 0 spiro atoms. The zero-order chi connectivity index (χ0) is 10.2. The van der Waals surface area contributed by atoms with Gasteiger partial charge in [0.2, 0.25) is 0 Å². The molecule has 0 bridgehead atoms. The van der Waals surface area contributed by atoms with Crippen LogP contribution in [0.5, 0.6) is 0 Å². The van der Waals surface area contributed by atoms with Crippen molar-refractivity contribution in [1.82, 2.24) is 4.90 Å². The molecule has 0 amide bonds. The predicted octanol–water partition coefficient (Wildman–Crippen LogP) is 2.14. The van der Waals surface area contributed by atoms with E-state index in [0.29, 0.717) is 11.5 Å². The van der Waals surface area contributed by atoms with Gasteiger partial charge in [0.25, 0.3) is 0 Å². The van der Waals surface area contributed by atoms with Gasteiger partial charge in [0.1, 0.15) is 0 Å². The summed E-state index contributed by atoms with van der Waals surface area (Å²) < 4.78 is 5.64. The number of ether oxygens (including phenoxy) is 1. The molecule has 2 nitrogen and oxygen atoms in total. The molecule has 2 aliphatic heterocycles. The SMILES string of the molecule is CC(C)(C)C1CN(CC2CCCO2)C1. The zero-order valence-corrected chi connectivity index (χ0v) is 9.75. The lowest BCUT2D eigenvalue weighted by Crippen LogP contribution is -2.54. The third-order valence-corrected chi connectivity index (χ3v) is 3.67. The molecule has 0 aliphatic carbocycles. The van der Waals surface area contributed by atoms with Crippen molar-refractivity contribution < 1.29 is 4.74 Å². The van der Waals surface area contributed by atoms with Crippen LogP contribution in [0, 0.1) is 11.3 Å². The topological polar surface area (TPSA) is 12.5 Å². The molecule has 2 saturated heterocycles. The molecule has 0 radical (unpaired) electrons. The zero-order valence-electron chi connectivity index (χ0n) is 9.75. The first kappa shape index (κ1) is 10.4. The Morgan fingerprint density at radius 1 is 1.29 bits per heavy atom. The molecule has 2 heteroatoms. The lowest BCUT2D eigenvalue weighted by Gasteiger charge is -2.47. The van der Waals surface area contributed by atoms with Gasteiger partial charge in [-0.2, -0.15) is 0 Å². The van der Waals surface area contributed by atoms with E-state index in [4.69, 9.17) is 4.74 Å². The van der Waals surface area contributed by atoms with Gasteiger partial charge in [0.15, 0.2) is 0 Å². The quantitative estimate of drug-likeness (QED) is 0.672. The monoisotopic (exact) mass is 197 g/mol. The van der Waals surface area contributed by atoms with E-state index in [9.17, 15) is 0 Å². The van der Waals surface area contributed by atoms with Crippen LogP contribution >= 0.6 is 0 Å². The standard InChI is InChI=1S/C12H23NO/c1-12(2,3)10-7-13(8-10)9-11-5-4-6-14-11/h10-11H,4-9H2,1-3H3. The van der Waals surface area contributed by atoms with Crippen molar-refractivity contribution in [3.05, 3.63) is 0 Å². The molecule has 0 aromatic heterocycles. The maximum Gasteiger partial charge on any atom is 0.0702 e. The van der Waals surface area contributed by atoms with E-state index >= 15 is 0 Å². The van der Waals surface area contributed by atoms with Crippen molar-refractivity contribution in [2.24, 2.45) is 11.3 Å². The first-order valence-electron chi connectivity index (χ1n) is 5.89. The maximum absolute atomic E-state index is 5.64. The molecule has 82 valence electrons. The van der Waals surface area contributed by atoms with Crippen molar-refractivity contribution in [3.63, 3.8) is 0 Å². The van der Waals surface area contributed by atoms with Crippen molar-refractivity contribution in [3.8, 4) is 0 Å². The average molecular weight is 197 g/mol. The lowest BCUT2D eigenvalue weighted by atomic mass is 9.76. The summed E-state index contributed by atoms with van der Waals surface area (Å²) in [7, 11) is 0. The molecule has 2 rings (SSSR count). The van der Waals surface area contributed by atoms with Crippen LogP contribution in [0.3, 0.4) is 0 Å². The number of hydrogen-bond acceptors (Lipinski definition) is 2. The van der Waals surface area contributed by atoms with E-state index in [1.54, 1.807) is 0 Å². The summed E-state index contributed by atoms with van der Waals surface area (Å²) in [6, 6.07) is 0. The van der Waals surface area contributed by atoms with E-state index in [0.717, 1.165) is 12.5 Å². The van der Waals surface area contributed by atoms with Crippen molar-refractivity contribution in [1.29, 1.82) is 0 Å². The molecule has 2 heterocycles. The van der Waals surface area contributed by atoms with Gasteiger partial charge in [-0.3, -0.25) is 0 Å². The smallest absolute Gasteiger partial charge is 0.0702 e. The minimum absolute atomic E-state index is 0.493. The Hall–Kier alpha value is -0.0800. The third-order valence-electron chi connectivity index (χ3n) is 3.67. The Bertz CT molecular complexity index is 185. The molecule has 1 atom stereocenters. The molecule has 1 unspecified atom stereocenters. The average Bonchev–Trinajstić information content (AvgIpc) is 2.44. The fourth-order valence-electron chi connectivity index (χ4n) is 2.34. The fourth-order valence-corrected chi connectivity index (χ4v) is 2.34. The van der Waals surface area contributed by atoms with Gasteiger partial charge >= 0.3 is 0 Å². The van der Waals surface area contributed by atoms with Crippen molar-refractivity contribution >= 4 is 0 Å². The van der Waals surface area contributed by atoms with Crippen LogP contribution in [0.1, 0.15) is 33.6 Å². The third kappa shape index (κ3) is 2.29. The van der Waals surface area contributed by atoms with E-state index in [1.165, 1.54) is 32.5 Å². The summed E-state index contributed by atoms with van der Waals surface area (Å²) >= 11 is 0. The Kier molecular flexibility index (Phi) is 2.85. The molecule has 0 saturated carbocycles. The Morgan fingerprint density at radius 3 is 2.50 bits per heavy atom. The molecule has 2 fully saturated rings. The predicted molar refractivity (Wildman–Crippen MR) is 58.4 cm³/mol. The first-order chi connectivity index (χ1) is 6.55. The fraction of sp³-hybridized carbons (Fsp3) is 1.00. The highest BCUT2D eigenvalue weighted by Gasteiger charge is 2.36. The summed E-state index contributed by atoms with van der Waals surface area (Å²) in [5, 5.41) is 0. The molecular formula is C12H23NO.